The van der Waals surface area contributed by atoms with Gasteiger partial charge >= 0.3 is 23.9 Å². The molecule has 3 atom stereocenters. The van der Waals surface area contributed by atoms with Crippen LogP contribution in [-0.2, 0) is 62.4 Å². The Balaban J connectivity index is 1.01. The largest absolute Gasteiger partial charge is 0.481 e. The minimum Gasteiger partial charge on any atom is -0.481 e. The second kappa shape index (κ2) is 34.5. The molecule has 0 fully saturated rings. The number of nitrogens with one attached hydrogen (secondary N) is 8. The van der Waals surface area contributed by atoms with E-state index in [9.17, 15) is 88.8 Å². The number of carbonyl (C=O) groups excluding carboxylic acids is 5. The molecule has 0 aliphatic heterocycles. The first-order chi connectivity index (χ1) is 48.8. The number of aromatic amines is 3. The van der Waals surface area contributed by atoms with E-state index >= 15 is 0 Å². The zero-order chi connectivity index (χ0) is 73.2. The molecule has 3 heterocycles. The van der Waals surface area contributed by atoms with Crippen LogP contribution in [0.25, 0.3) is 32.7 Å². The number of H-pyrrole nitrogens is 3. The van der Waals surface area contributed by atoms with Gasteiger partial charge in [0.25, 0.3) is 17.1 Å². The maximum absolute atomic E-state index is 14.5. The molecule has 12 N–H and O–H groups in total. The number of amides is 5. The van der Waals surface area contributed by atoms with Crippen LogP contribution >= 0.6 is 35.3 Å². The van der Waals surface area contributed by atoms with Gasteiger partial charge in [-0.05, 0) is 103 Å². The predicted molar refractivity (Wildman–Crippen MR) is 374 cm³/mol. The van der Waals surface area contributed by atoms with Gasteiger partial charge in [0.1, 0.15) is 18.1 Å². The van der Waals surface area contributed by atoms with E-state index in [4.69, 9.17) is 5.11 Å². The zero-order valence-electron chi connectivity index (χ0n) is 54.0. The number of hydrogen-bond acceptors (Lipinski definition) is 18. The molecule has 3 unspecified atom stereocenters. The molecular weight excluding hydrogens is 1380 g/mol. The van der Waals surface area contributed by atoms with Gasteiger partial charge in [0, 0.05) is 141 Å². The van der Waals surface area contributed by atoms with Crippen molar-refractivity contribution in [2.75, 3.05) is 6.54 Å². The zero-order valence-corrected chi connectivity index (χ0v) is 56.4. The lowest BCUT2D eigenvalue weighted by Gasteiger charge is -2.35. The highest BCUT2D eigenvalue weighted by Crippen LogP contribution is 2.40. The van der Waals surface area contributed by atoms with Crippen molar-refractivity contribution in [2.45, 2.75) is 137 Å². The Morgan fingerprint density at radius 1 is 0.402 bits per heavy atom. The van der Waals surface area contributed by atoms with Crippen LogP contribution in [-0.4, -0.2) is 134 Å². The van der Waals surface area contributed by atoms with Gasteiger partial charge in [-0.2, -0.15) is 0 Å². The first-order valence-electron chi connectivity index (χ1n) is 31.7. The highest BCUT2D eigenvalue weighted by atomic mass is 32.2. The summed E-state index contributed by atoms with van der Waals surface area (Å²) in [6.45, 7) is -0.742. The van der Waals surface area contributed by atoms with E-state index in [1.807, 2.05) is 0 Å². The molecular formula is C69H67N11O19S3. The molecule has 5 amide bonds. The third-order valence-electron chi connectivity index (χ3n) is 16.6. The Morgan fingerprint density at radius 3 is 1.00 bits per heavy atom. The number of non-ortho nitro benzene ring substituents is 3. The Hall–Kier alpha value is -11.6. The number of nitro benzene ring substituents is 3. The van der Waals surface area contributed by atoms with Gasteiger partial charge < -0.3 is 62.0 Å². The molecule has 102 heavy (non-hydrogen) atoms. The predicted octanol–water partition coefficient (Wildman–Crippen LogP) is 10.0. The third kappa shape index (κ3) is 20.3. The van der Waals surface area contributed by atoms with E-state index in [2.05, 4.69) is 41.5 Å². The molecule has 33 heteroatoms. The van der Waals surface area contributed by atoms with E-state index in [0.717, 1.165) is 35.3 Å². The van der Waals surface area contributed by atoms with E-state index in [1.54, 1.807) is 72.8 Å². The van der Waals surface area contributed by atoms with Crippen molar-refractivity contribution in [2.24, 2.45) is 0 Å². The number of benzene rings is 6. The maximum Gasteiger partial charge on any atom is 0.326 e. The molecule has 0 saturated heterocycles. The first-order valence-corrected chi connectivity index (χ1v) is 34.2. The maximum atomic E-state index is 14.5. The van der Waals surface area contributed by atoms with Crippen LogP contribution in [0.15, 0.2) is 175 Å². The van der Waals surface area contributed by atoms with E-state index in [0.29, 0.717) is 79.2 Å². The number of fused-ring (bicyclic) bond motifs is 3. The summed E-state index contributed by atoms with van der Waals surface area (Å²) in [5.41, 5.74) is 0.783. The molecule has 0 aliphatic carbocycles. The second-order valence-corrected chi connectivity index (χ2v) is 26.9. The summed E-state index contributed by atoms with van der Waals surface area (Å²) in [6, 6.07) is 32.8. The molecule has 9 aromatic rings. The summed E-state index contributed by atoms with van der Waals surface area (Å²) >= 11 is 3.46. The smallest absolute Gasteiger partial charge is 0.326 e. The average molecular weight is 1450 g/mol. The SMILES string of the molecule is O=C(O)CCCCC(=O)NCC(=O)NC(CCC(=O)NC(Cc1c(Sc2ccc([N+](=O)[O-])cc2)[nH]c2ccccc12)C(=O)O)(CCC(=O)NC(Cc1c(Sc2ccc([N+](=O)[O-])cc2)[nH]c2ccccc12)C(=O)O)CCC(=O)NC(Cc1c(Sc2ccc([N+](=O)[O-])cc2)[nH]c2ccccc12)C(=O)O. The van der Waals surface area contributed by atoms with Gasteiger partial charge in [0.05, 0.1) is 36.4 Å². The van der Waals surface area contributed by atoms with Crippen molar-refractivity contribution in [1.29, 1.82) is 0 Å². The number of hydrogen-bond donors (Lipinski definition) is 12. The van der Waals surface area contributed by atoms with Crippen molar-refractivity contribution >= 4 is 138 Å². The summed E-state index contributed by atoms with van der Waals surface area (Å²) < 4.78 is 0. The van der Waals surface area contributed by atoms with Crippen LogP contribution < -0.4 is 26.6 Å². The summed E-state index contributed by atoms with van der Waals surface area (Å²) in [7, 11) is 0. The summed E-state index contributed by atoms with van der Waals surface area (Å²) in [6.07, 6.45) is -4.48. The van der Waals surface area contributed by atoms with Crippen molar-refractivity contribution in [3.8, 4) is 0 Å². The molecule has 0 aliphatic rings. The van der Waals surface area contributed by atoms with Crippen LogP contribution in [0.5, 0.6) is 0 Å². The van der Waals surface area contributed by atoms with Crippen molar-refractivity contribution in [3.63, 3.8) is 0 Å². The van der Waals surface area contributed by atoms with Crippen molar-refractivity contribution in [3.05, 3.63) is 193 Å². The number of carbonyl (C=O) groups is 9. The molecule has 0 spiro atoms. The van der Waals surface area contributed by atoms with Gasteiger partial charge in [0.2, 0.25) is 29.5 Å². The van der Waals surface area contributed by atoms with Crippen LogP contribution in [0.3, 0.4) is 0 Å². The standard InChI is InChI=1S/C69H67N11O19S3/c81-57(15-7-8-16-62(86)87)70-38-61(85)77-69(32-29-58(82)71-54(66(88)89)35-48-45-9-1-4-12-51(45)74-63(48)100-42-23-17-39(18-24-42)78(94)95,33-30-59(83)72-55(67(90)91)36-49-46-10-2-5-13-52(46)75-64(49)101-43-25-19-40(20-26-43)79(96)97)34-31-60(84)73-56(68(92)93)37-50-47-11-3-6-14-53(47)76-65(50)102-44-27-21-41(22-28-44)80(98)99/h1-6,9-14,17-28,54-56,74-76H,7-8,15-16,29-38H2,(H,70,81)(H,71,82)(H,72,83)(H,73,84)(H,77,85)(H,86,87)(H,88,89)(H,90,91)(H,92,93). The fourth-order valence-corrected chi connectivity index (χ4v) is 14.4. The lowest BCUT2D eigenvalue weighted by atomic mass is 9.82. The molecule has 3 aromatic heterocycles. The lowest BCUT2D eigenvalue weighted by molar-refractivity contribution is -0.385. The molecule has 530 valence electrons. The minimum absolute atomic E-state index is 0.135. The fourth-order valence-electron chi connectivity index (χ4n) is 11.5. The number of carboxylic acids is 4. The topological polar surface area (TPSA) is 471 Å². The summed E-state index contributed by atoms with van der Waals surface area (Å²) in [5, 5.41) is 91.8. The number of carboxylic acid groups (broad SMARTS) is 4. The molecule has 30 nitrogen and oxygen atoms in total. The average Bonchev–Trinajstić information content (AvgIpc) is 1.66. The Labute approximate surface area is 591 Å². The van der Waals surface area contributed by atoms with Gasteiger partial charge in [-0.3, -0.25) is 59.1 Å². The quantitative estimate of drug-likeness (QED) is 0.00972. The van der Waals surface area contributed by atoms with Crippen molar-refractivity contribution in [1.82, 2.24) is 41.5 Å². The van der Waals surface area contributed by atoms with Gasteiger partial charge in [-0.25, -0.2) is 14.4 Å². The van der Waals surface area contributed by atoms with Crippen molar-refractivity contribution < 1.29 is 78.3 Å². The molecule has 6 aromatic carbocycles. The molecule has 0 bridgehead atoms. The lowest BCUT2D eigenvalue weighted by Crippen LogP contribution is -2.54. The van der Waals surface area contributed by atoms with Crippen LogP contribution in [0, 0.1) is 30.3 Å². The van der Waals surface area contributed by atoms with Crippen LogP contribution in [0.1, 0.15) is 80.9 Å². The number of unbranched alkanes of at least 4 members (excludes halogenated alkanes) is 1. The number of nitro groups is 3. The Morgan fingerprint density at radius 2 is 0.706 bits per heavy atom. The number of nitrogens with zero attached hydrogens (tertiary/aromatic N) is 3. The fraction of sp³-hybridized carbons (Fsp3) is 0.261. The normalized spacial score (nSPS) is 12.7. The van der Waals surface area contributed by atoms with Crippen LogP contribution in [0.2, 0.25) is 0 Å². The highest BCUT2D eigenvalue weighted by Gasteiger charge is 2.37. The van der Waals surface area contributed by atoms with Gasteiger partial charge in [-0.15, -0.1) is 0 Å². The first kappa shape index (κ1) is 74.6. The van der Waals surface area contributed by atoms with E-state index in [1.165, 1.54) is 72.8 Å². The molecule has 0 radical (unpaired) electrons. The molecule has 9 rings (SSSR count). The summed E-state index contributed by atoms with van der Waals surface area (Å²) in [4.78, 5) is 166. The Bertz CT molecular complexity index is 4240. The van der Waals surface area contributed by atoms with E-state index < -0.39 is 137 Å². The third-order valence-corrected chi connectivity index (χ3v) is 19.8. The number of aliphatic carboxylic acids is 4. The van der Waals surface area contributed by atoms with E-state index in [-0.39, 0.29) is 62.0 Å². The number of rotatable bonds is 38. The van der Waals surface area contributed by atoms with Gasteiger partial charge in [-0.1, -0.05) is 89.9 Å². The minimum atomic E-state index is -1.90. The molecule has 0 saturated carbocycles. The van der Waals surface area contributed by atoms with Crippen LogP contribution in [0.4, 0.5) is 17.1 Å². The number of para-hydroxylation sites is 3. The Kier molecular flexibility index (Phi) is 25.2. The second-order valence-electron chi connectivity index (χ2n) is 23.7. The van der Waals surface area contributed by atoms with Gasteiger partial charge in [0.15, 0.2) is 0 Å². The monoisotopic (exact) mass is 1450 g/mol. The highest BCUT2D eigenvalue weighted by molar-refractivity contribution is 7.99. The summed E-state index contributed by atoms with van der Waals surface area (Å²) in [5.74, 6) is -9.81. The number of aromatic nitrogens is 3.